The first-order valence-electron chi connectivity index (χ1n) is 7.79. The molecule has 1 aromatic rings. The molecule has 0 spiro atoms. The molecular formula is C16H24N2O2S. The Morgan fingerprint density at radius 3 is 2.67 bits per heavy atom. The van der Waals surface area contributed by atoms with Gasteiger partial charge in [0.05, 0.1) is 0 Å². The SMILES string of the molecule is CN(C)S(=O)(=O)N1CCC[C@H]1[C@H]1CCCc2ccccc21. The fraction of sp³-hybridized carbons (Fsp3) is 0.625. The van der Waals surface area contributed by atoms with E-state index in [4.69, 9.17) is 0 Å². The average molecular weight is 308 g/mol. The summed E-state index contributed by atoms with van der Waals surface area (Å²) in [5, 5.41) is 0. The van der Waals surface area contributed by atoms with Crippen LogP contribution in [0.4, 0.5) is 0 Å². The summed E-state index contributed by atoms with van der Waals surface area (Å²) in [4.78, 5) is 0. The van der Waals surface area contributed by atoms with Crippen molar-refractivity contribution in [3.8, 4) is 0 Å². The number of aryl methyl sites for hydroxylation is 1. The van der Waals surface area contributed by atoms with E-state index in [2.05, 4.69) is 24.3 Å². The largest absolute Gasteiger partial charge is 0.281 e. The maximum Gasteiger partial charge on any atom is 0.281 e. The highest BCUT2D eigenvalue weighted by Crippen LogP contribution is 2.40. The molecule has 21 heavy (non-hydrogen) atoms. The van der Waals surface area contributed by atoms with Gasteiger partial charge in [0.15, 0.2) is 0 Å². The smallest absolute Gasteiger partial charge is 0.195 e. The number of rotatable bonds is 3. The number of hydrogen-bond acceptors (Lipinski definition) is 2. The van der Waals surface area contributed by atoms with Crippen molar-refractivity contribution >= 4 is 10.2 Å². The zero-order chi connectivity index (χ0) is 15.0. The Labute approximate surface area is 127 Å². The van der Waals surface area contributed by atoms with Crippen LogP contribution >= 0.6 is 0 Å². The van der Waals surface area contributed by atoms with Crippen LogP contribution in [0.3, 0.4) is 0 Å². The lowest BCUT2D eigenvalue weighted by atomic mass is 9.78. The Morgan fingerprint density at radius 1 is 1.14 bits per heavy atom. The van der Waals surface area contributed by atoms with Crippen molar-refractivity contribution in [1.82, 2.24) is 8.61 Å². The molecule has 116 valence electrons. The van der Waals surface area contributed by atoms with Crippen LogP contribution in [0.25, 0.3) is 0 Å². The van der Waals surface area contributed by atoms with E-state index in [0.717, 1.165) is 32.1 Å². The van der Waals surface area contributed by atoms with Crippen LogP contribution in [0, 0.1) is 0 Å². The first-order chi connectivity index (χ1) is 10.0. The molecule has 0 radical (unpaired) electrons. The Hall–Kier alpha value is -0.910. The molecule has 2 aliphatic rings. The molecule has 0 amide bonds. The molecule has 1 aliphatic carbocycles. The van der Waals surface area contributed by atoms with E-state index < -0.39 is 10.2 Å². The molecule has 3 rings (SSSR count). The van der Waals surface area contributed by atoms with E-state index in [1.54, 1.807) is 18.4 Å². The molecule has 0 bridgehead atoms. The maximum absolute atomic E-state index is 12.5. The summed E-state index contributed by atoms with van der Waals surface area (Å²) in [5.41, 5.74) is 2.78. The molecular weight excluding hydrogens is 284 g/mol. The van der Waals surface area contributed by atoms with E-state index in [1.165, 1.54) is 15.4 Å². The molecule has 1 aliphatic heterocycles. The lowest BCUT2D eigenvalue weighted by molar-refractivity contribution is 0.301. The monoisotopic (exact) mass is 308 g/mol. The highest BCUT2D eigenvalue weighted by Gasteiger charge is 2.41. The third-order valence-electron chi connectivity index (χ3n) is 4.89. The van der Waals surface area contributed by atoms with Crippen LogP contribution in [-0.4, -0.2) is 43.7 Å². The molecule has 1 heterocycles. The molecule has 2 atom stereocenters. The Balaban J connectivity index is 1.94. The van der Waals surface area contributed by atoms with Crippen molar-refractivity contribution in [2.75, 3.05) is 20.6 Å². The van der Waals surface area contributed by atoms with Crippen molar-refractivity contribution in [3.05, 3.63) is 35.4 Å². The quantitative estimate of drug-likeness (QED) is 0.860. The summed E-state index contributed by atoms with van der Waals surface area (Å²) < 4.78 is 28.2. The summed E-state index contributed by atoms with van der Waals surface area (Å²) in [6.45, 7) is 0.657. The number of nitrogens with zero attached hydrogens (tertiary/aromatic N) is 2. The molecule has 0 saturated carbocycles. The minimum atomic E-state index is -3.31. The third kappa shape index (κ3) is 2.62. The van der Waals surface area contributed by atoms with Crippen LogP contribution < -0.4 is 0 Å². The van der Waals surface area contributed by atoms with Crippen molar-refractivity contribution < 1.29 is 8.42 Å². The second-order valence-corrected chi connectivity index (χ2v) is 8.40. The lowest BCUT2D eigenvalue weighted by Gasteiger charge is -2.35. The van der Waals surface area contributed by atoms with Gasteiger partial charge in [-0.3, -0.25) is 0 Å². The van der Waals surface area contributed by atoms with Crippen LogP contribution in [0.15, 0.2) is 24.3 Å². The Kier molecular flexibility index (Phi) is 4.08. The van der Waals surface area contributed by atoms with Gasteiger partial charge in [-0.15, -0.1) is 0 Å². The van der Waals surface area contributed by atoms with E-state index in [9.17, 15) is 8.42 Å². The highest BCUT2D eigenvalue weighted by molar-refractivity contribution is 7.86. The van der Waals surface area contributed by atoms with Gasteiger partial charge < -0.3 is 0 Å². The van der Waals surface area contributed by atoms with Gasteiger partial charge in [-0.1, -0.05) is 24.3 Å². The van der Waals surface area contributed by atoms with Gasteiger partial charge >= 0.3 is 0 Å². The van der Waals surface area contributed by atoms with Gasteiger partial charge in [-0.2, -0.15) is 17.0 Å². The lowest BCUT2D eigenvalue weighted by Crippen LogP contribution is -2.45. The van der Waals surface area contributed by atoms with Gasteiger partial charge in [0.2, 0.25) is 0 Å². The Morgan fingerprint density at radius 2 is 1.90 bits per heavy atom. The fourth-order valence-corrected chi connectivity index (χ4v) is 5.23. The van der Waals surface area contributed by atoms with Crippen molar-refractivity contribution in [3.63, 3.8) is 0 Å². The van der Waals surface area contributed by atoms with Crippen LogP contribution in [0.1, 0.15) is 42.7 Å². The van der Waals surface area contributed by atoms with Gasteiger partial charge in [0.25, 0.3) is 10.2 Å². The van der Waals surface area contributed by atoms with Gasteiger partial charge in [0.1, 0.15) is 0 Å². The number of fused-ring (bicyclic) bond motifs is 1. The minimum Gasteiger partial charge on any atom is -0.195 e. The number of benzene rings is 1. The average Bonchev–Trinajstić information content (AvgIpc) is 2.96. The first-order valence-corrected chi connectivity index (χ1v) is 9.18. The number of hydrogen-bond donors (Lipinski definition) is 0. The molecule has 1 fully saturated rings. The second-order valence-electron chi connectivity index (χ2n) is 6.31. The summed E-state index contributed by atoms with van der Waals surface area (Å²) >= 11 is 0. The van der Waals surface area contributed by atoms with Crippen molar-refractivity contribution in [1.29, 1.82) is 0 Å². The second kappa shape index (κ2) is 5.71. The van der Waals surface area contributed by atoms with E-state index in [1.807, 2.05) is 0 Å². The van der Waals surface area contributed by atoms with Gasteiger partial charge in [-0.25, -0.2) is 0 Å². The molecule has 0 unspecified atom stereocenters. The predicted octanol–water partition coefficient (Wildman–Crippen LogP) is 2.38. The topological polar surface area (TPSA) is 40.6 Å². The van der Waals surface area contributed by atoms with E-state index in [0.29, 0.717) is 12.5 Å². The fourth-order valence-electron chi connectivity index (χ4n) is 3.86. The molecule has 1 saturated heterocycles. The molecule has 1 aromatic carbocycles. The van der Waals surface area contributed by atoms with Crippen molar-refractivity contribution in [2.24, 2.45) is 0 Å². The van der Waals surface area contributed by atoms with Crippen LogP contribution in [0.5, 0.6) is 0 Å². The molecule has 0 aromatic heterocycles. The Bertz CT molecular complexity index is 612. The first kappa shape index (κ1) is 15.0. The zero-order valence-electron chi connectivity index (χ0n) is 12.8. The molecule has 4 nitrogen and oxygen atoms in total. The predicted molar refractivity (Wildman–Crippen MR) is 84.5 cm³/mol. The van der Waals surface area contributed by atoms with Crippen LogP contribution in [-0.2, 0) is 16.6 Å². The minimum absolute atomic E-state index is 0.124. The van der Waals surface area contributed by atoms with Crippen LogP contribution in [0.2, 0.25) is 0 Å². The summed E-state index contributed by atoms with van der Waals surface area (Å²) in [5.74, 6) is 0.354. The maximum atomic E-state index is 12.5. The third-order valence-corrected chi connectivity index (χ3v) is 6.86. The van der Waals surface area contributed by atoms with Gasteiger partial charge in [-0.05, 0) is 43.2 Å². The zero-order valence-corrected chi connectivity index (χ0v) is 13.6. The van der Waals surface area contributed by atoms with E-state index >= 15 is 0 Å². The normalized spacial score (nSPS) is 27.0. The standard InChI is InChI=1S/C16H24N2O2S/c1-17(2)21(19,20)18-12-6-11-16(18)15-10-5-8-13-7-3-4-9-14(13)15/h3-4,7,9,15-16H,5-6,8,10-12H2,1-2H3/t15-,16-/m0/s1. The van der Waals surface area contributed by atoms with E-state index in [-0.39, 0.29) is 6.04 Å². The van der Waals surface area contributed by atoms with Crippen molar-refractivity contribution in [2.45, 2.75) is 44.1 Å². The highest BCUT2D eigenvalue weighted by atomic mass is 32.2. The summed E-state index contributed by atoms with van der Waals surface area (Å²) in [6.07, 6.45) is 5.33. The summed E-state index contributed by atoms with van der Waals surface area (Å²) in [7, 11) is -0.0619. The van der Waals surface area contributed by atoms with Gasteiger partial charge in [0, 0.05) is 32.6 Å². The molecule has 5 heteroatoms. The summed E-state index contributed by atoms with van der Waals surface area (Å²) in [6, 6.07) is 8.68. The molecule has 0 N–H and O–H groups in total.